The van der Waals surface area contributed by atoms with Gasteiger partial charge >= 0.3 is 0 Å². The van der Waals surface area contributed by atoms with Gasteiger partial charge in [0.25, 0.3) is 0 Å². The summed E-state index contributed by atoms with van der Waals surface area (Å²) in [4.78, 5) is 3.48. The standard InChI is InChI=1S/C11H12N2.C7H6O2/c1-2-4-10-8(3-1)9-7-12-6-5-11(9)13-10;1-2-4-7-6(3-1)8-5-9-7/h1-4,12-13H,5-7H2;1-4H,5H2. The van der Waals surface area contributed by atoms with E-state index >= 15 is 0 Å². The Bertz CT molecular complexity index is 772. The lowest BCUT2D eigenvalue weighted by atomic mass is 10.1. The summed E-state index contributed by atoms with van der Waals surface area (Å²) < 4.78 is 10.2. The minimum atomic E-state index is 0.360. The first-order chi connectivity index (χ1) is 10.9. The van der Waals surface area contributed by atoms with E-state index in [0.717, 1.165) is 31.0 Å². The third-order valence-electron chi connectivity index (χ3n) is 4.03. The van der Waals surface area contributed by atoms with Crippen LogP contribution in [0.1, 0.15) is 11.3 Å². The SMILES string of the molecule is c1ccc2c(c1)OCO2.c1ccc2c3c([nH]c2c1)CCNC3. The zero-order valence-corrected chi connectivity index (χ0v) is 12.3. The van der Waals surface area contributed by atoms with E-state index in [1.807, 2.05) is 24.3 Å². The Kier molecular flexibility index (Phi) is 3.45. The van der Waals surface area contributed by atoms with Crippen LogP contribution in [0.25, 0.3) is 10.9 Å². The van der Waals surface area contributed by atoms with E-state index < -0.39 is 0 Å². The average Bonchev–Trinajstić information content (AvgIpc) is 3.19. The van der Waals surface area contributed by atoms with Gasteiger partial charge in [0.1, 0.15) is 0 Å². The fourth-order valence-corrected chi connectivity index (χ4v) is 2.94. The van der Waals surface area contributed by atoms with E-state index in [9.17, 15) is 0 Å². The van der Waals surface area contributed by atoms with Crippen LogP contribution in [-0.4, -0.2) is 18.3 Å². The number of aromatic amines is 1. The summed E-state index contributed by atoms with van der Waals surface area (Å²) in [5, 5.41) is 4.78. The molecule has 2 aromatic carbocycles. The summed E-state index contributed by atoms with van der Waals surface area (Å²) in [5.41, 5.74) is 4.15. The van der Waals surface area contributed by atoms with Crippen LogP contribution >= 0.6 is 0 Å². The molecule has 0 amide bonds. The molecule has 0 unspecified atom stereocenters. The Labute approximate surface area is 129 Å². The third kappa shape index (κ3) is 2.42. The number of nitrogens with one attached hydrogen (secondary N) is 2. The predicted molar refractivity (Wildman–Crippen MR) is 86.3 cm³/mol. The first-order valence-electron chi connectivity index (χ1n) is 7.55. The summed E-state index contributed by atoms with van der Waals surface area (Å²) in [5.74, 6) is 1.69. The summed E-state index contributed by atoms with van der Waals surface area (Å²) in [7, 11) is 0. The molecule has 0 bridgehead atoms. The number of ether oxygens (including phenoxy) is 2. The van der Waals surface area contributed by atoms with Crippen LogP contribution in [0.5, 0.6) is 11.5 Å². The highest BCUT2D eigenvalue weighted by Gasteiger charge is 2.13. The zero-order chi connectivity index (χ0) is 14.8. The molecule has 0 spiro atoms. The summed E-state index contributed by atoms with van der Waals surface area (Å²) in [6.45, 7) is 2.47. The van der Waals surface area contributed by atoms with Crippen molar-refractivity contribution in [3.05, 3.63) is 59.8 Å². The quantitative estimate of drug-likeness (QED) is 0.669. The van der Waals surface area contributed by atoms with Gasteiger partial charge < -0.3 is 19.8 Å². The summed E-state index contributed by atoms with van der Waals surface area (Å²) >= 11 is 0. The molecule has 2 N–H and O–H groups in total. The second-order valence-corrected chi connectivity index (χ2v) is 5.41. The van der Waals surface area contributed by atoms with Crippen molar-refractivity contribution in [2.45, 2.75) is 13.0 Å². The van der Waals surface area contributed by atoms with Gasteiger partial charge in [-0.2, -0.15) is 0 Å². The van der Waals surface area contributed by atoms with Crippen molar-refractivity contribution in [3.8, 4) is 11.5 Å². The second kappa shape index (κ2) is 5.73. The van der Waals surface area contributed by atoms with E-state index in [2.05, 4.69) is 34.6 Å². The van der Waals surface area contributed by atoms with Gasteiger partial charge in [-0.05, 0) is 23.8 Å². The van der Waals surface area contributed by atoms with Crippen molar-refractivity contribution >= 4 is 10.9 Å². The molecule has 2 aliphatic heterocycles. The minimum absolute atomic E-state index is 0.360. The number of para-hydroxylation sites is 3. The maximum atomic E-state index is 5.08. The van der Waals surface area contributed by atoms with Crippen LogP contribution in [-0.2, 0) is 13.0 Å². The molecule has 0 aliphatic carbocycles. The number of H-pyrrole nitrogens is 1. The second-order valence-electron chi connectivity index (χ2n) is 5.41. The van der Waals surface area contributed by atoms with E-state index in [1.54, 1.807) is 0 Å². The summed E-state index contributed by atoms with van der Waals surface area (Å²) in [6, 6.07) is 16.2. The highest BCUT2D eigenvalue weighted by Crippen LogP contribution is 2.30. The summed E-state index contributed by atoms with van der Waals surface area (Å²) in [6.07, 6.45) is 1.13. The molecule has 2 aliphatic rings. The zero-order valence-electron chi connectivity index (χ0n) is 12.3. The highest BCUT2D eigenvalue weighted by atomic mass is 16.7. The first kappa shape index (κ1) is 13.2. The highest BCUT2D eigenvalue weighted by molar-refractivity contribution is 5.84. The molecular weight excluding hydrogens is 276 g/mol. The molecule has 0 fully saturated rings. The molecule has 0 saturated heterocycles. The number of hydrogen-bond acceptors (Lipinski definition) is 3. The van der Waals surface area contributed by atoms with Crippen LogP contribution in [0, 0.1) is 0 Å². The fraction of sp³-hybridized carbons (Fsp3) is 0.222. The van der Waals surface area contributed by atoms with Crippen molar-refractivity contribution < 1.29 is 9.47 Å². The molecule has 0 saturated carbocycles. The van der Waals surface area contributed by atoms with Crippen molar-refractivity contribution in [1.29, 1.82) is 0 Å². The Morgan fingerprint density at radius 2 is 1.59 bits per heavy atom. The van der Waals surface area contributed by atoms with Crippen LogP contribution in [0.15, 0.2) is 48.5 Å². The number of hydrogen-bond donors (Lipinski definition) is 2. The lowest BCUT2D eigenvalue weighted by molar-refractivity contribution is 0.174. The van der Waals surface area contributed by atoms with Gasteiger partial charge in [0, 0.05) is 36.1 Å². The minimum Gasteiger partial charge on any atom is -0.454 e. The van der Waals surface area contributed by atoms with Gasteiger partial charge in [0.15, 0.2) is 11.5 Å². The van der Waals surface area contributed by atoms with Gasteiger partial charge in [-0.1, -0.05) is 30.3 Å². The molecule has 112 valence electrons. The van der Waals surface area contributed by atoms with Crippen LogP contribution < -0.4 is 14.8 Å². The lowest BCUT2D eigenvalue weighted by Gasteiger charge is -2.12. The molecule has 0 atom stereocenters. The van der Waals surface area contributed by atoms with Gasteiger partial charge in [-0.3, -0.25) is 0 Å². The maximum Gasteiger partial charge on any atom is 0.231 e. The Morgan fingerprint density at radius 1 is 0.864 bits per heavy atom. The Balaban J connectivity index is 0.000000122. The Hall–Kier alpha value is -2.46. The van der Waals surface area contributed by atoms with Crippen molar-refractivity contribution in [1.82, 2.24) is 10.3 Å². The average molecular weight is 294 g/mol. The predicted octanol–water partition coefficient (Wildman–Crippen LogP) is 3.23. The van der Waals surface area contributed by atoms with Crippen molar-refractivity contribution in [2.24, 2.45) is 0 Å². The van der Waals surface area contributed by atoms with Gasteiger partial charge in [-0.25, -0.2) is 0 Å². The molecule has 0 radical (unpaired) electrons. The maximum absolute atomic E-state index is 5.08. The molecule has 4 nitrogen and oxygen atoms in total. The first-order valence-corrected chi connectivity index (χ1v) is 7.55. The van der Waals surface area contributed by atoms with E-state index in [4.69, 9.17) is 9.47 Å². The van der Waals surface area contributed by atoms with E-state index in [-0.39, 0.29) is 0 Å². The van der Waals surface area contributed by atoms with Crippen molar-refractivity contribution in [3.63, 3.8) is 0 Å². The molecule has 1 aromatic heterocycles. The van der Waals surface area contributed by atoms with Crippen LogP contribution in [0.3, 0.4) is 0 Å². The molecule has 5 rings (SSSR count). The topological polar surface area (TPSA) is 46.3 Å². The van der Waals surface area contributed by atoms with Gasteiger partial charge in [-0.15, -0.1) is 0 Å². The smallest absolute Gasteiger partial charge is 0.231 e. The number of rotatable bonds is 0. The largest absolute Gasteiger partial charge is 0.454 e. The lowest BCUT2D eigenvalue weighted by Crippen LogP contribution is -2.22. The molecule has 3 aromatic rings. The molecule has 22 heavy (non-hydrogen) atoms. The van der Waals surface area contributed by atoms with Gasteiger partial charge in [0.05, 0.1) is 0 Å². The number of fused-ring (bicyclic) bond motifs is 4. The van der Waals surface area contributed by atoms with Crippen LogP contribution in [0.4, 0.5) is 0 Å². The van der Waals surface area contributed by atoms with E-state index in [1.165, 1.54) is 22.2 Å². The van der Waals surface area contributed by atoms with Gasteiger partial charge in [0.2, 0.25) is 6.79 Å². The van der Waals surface area contributed by atoms with E-state index in [0.29, 0.717) is 6.79 Å². The fourth-order valence-electron chi connectivity index (χ4n) is 2.94. The molecular formula is C18H18N2O2. The molecule has 4 heteroatoms. The normalized spacial score (nSPS) is 15.1. The Morgan fingerprint density at radius 3 is 2.41 bits per heavy atom. The van der Waals surface area contributed by atoms with Crippen LogP contribution in [0.2, 0.25) is 0 Å². The number of aromatic nitrogens is 1. The monoisotopic (exact) mass is 294 g/mol. The third-order valence-corrected chi connectivity index (χ3v) is 4.03. The van der Waals surface area contributed by atoms with Crippen molar-refractivity contribution in [2.75, 3.05) is 13.3 Å². The molecule has 3 heterocycles. The number of benzene rings is 2.